The van der Waals surface area contributed by atoms with Gasteiger partial charge >= 0.3 is 12.4 Å². The fourth-order valence-electron chi connectivity index (χ4n) is 3.82. The lowest BCUT2D eigenvalue weighted by atomic mass is 10.0. The average Bonchev–Trinajstić information content (AvgIpc) is 2.94. The average molecular weight is 691 g/mol. The third-order valence-electron chi connectivity index (χ3n) is 5.93. The number of aromatic hydroxyl groups is 2. The molecule has 0 aliphatic rings. The van der Waals surface area contributed by atoms with Crippen LogP contribution in [0.2, 0.25) is 0 Å². The third-order valence-corrected chi connectivity index (χ3v) is 7.69. The number of benzene rings is 4. The highest BCUT2D eigenvalue weighted by molar-refractivity contribution is 7.86. The Morgan fingerprint density at radius 3 is 1.15 bits per heavy atom. The largest absolute Gasteiger partial charge is 0.507 e. The Morgan fingerprint density at radius 1 is 0.500 bits per heavy atom. The molecule has 20 heteroatoms. The maximum Gasteiger partial charge on any atom is 0.420 e. The Kier molecular flexibility index (Phi) is 8.95. The van der Waals surface area contributed by atoms with E-state index in [0.29, 0.717) is 24.3 Å². The fraction of sp³-hybridized carbons (Fsp3) is 0.0769. The molecule has 0 aliphatic heterocycles. The third kappa shape index (κ3) is 7.83. The van der Waals surface area contributed by atoms with Crippen molar-refractivity contribution in [2.75, 3.05) is 0 Å². The van der Waals surface area contributed by atoms with Crippen molar-refractivity contribution in [1.82, 2.24) is 0 Å². The molecule has 0 spiro atoms. The number of halogens is 6. The van der Waals surface area contributed by atoms with Crippen LogP contribution in [-0.4, -0.2) is 36.2 Å². The zero-order valence-corrected chi connectivity index (χ0v) is 23.9. The number of azo groups is 2. The molecular formula is C26H16F6N4O8S2. The molecule has 46 heavy (non-hydrogen) atoms. The minimum Gasteiger partial charge on any atom is -0.507 e. The molecule has 4 N–H and O–H groups in total. The molecule has 0 aliphatic carbocycles. The summed E-state index contributed by atoms with van der Waals surface area (Å²) in [6, 6.07) is 10.00. The Hall–Kier alpha value is -4.92. The van der Waals surface area contributed by atoms with Crippen molar-refractivity contribution in [3.63, 3.8) is 0 Å². The summed E-state index contributed by atoms with van der Waals surface area (Å²) in [7, 11) is -10.2. The lowest BCUT2D eigenvalue weighted by Crippen LogP contribution is -2.04. The summed E-state index contributed by atoms with van der Waals surface area (Å²) < 4.78 is 146. The first-order valence-corrected chi connectivity index (χ1v) is 14.9. The Bertz CT molecular complexity index is 1970. The van der Waals surface area contributed by atoms with Crippen LogP contribution in [0.3, 0.4) is 0 Å². The predicted octanol–water partition coefficient (Wildman–Crippen LogP) is 8.13. The van der Waals surface area contributed by atoms with E-state index < -0.39 is 87.8 Å². The molecule has 4 aromatic carbocycles. The van der Waals surface area contributed by atoms with Crippen LogP contribution in [0.5, 0.6) is 11.5 Å². The Balaban J connectivity index is 1.74. The number of phenolic OH excluding ortho intramolecular Hbond substituents is 2. The smallest absolute Gasteiger partial charge is 0.420 e. The van der Waals surface area contributed by atoms with Crippen LogP contribution in [-0.2, 0) is 32.6 Å². The molecule has 242 valence electrons. The molecular weight excluding hydrogens is 674 g/mol. The van der Waals surface area contributed by atoms with E-state index in [0.717, 1.165) is 48.5 Å². The molecule has 0 saturated heterocycles. The fourth-order valence-corrected chi connectivity index (χ4v) is 5.11. The van der Waals surface area contributed by atoms with Gasteiger partial charge in [0.25, 0.3) is 20.2 Å². The normalized spacial score (nSPS) is 13.1. The van der Waals surface area contributed by atoms with Crippen LogP contribution in [0.1, 0.15) is 11.1 Å². The van der Waals surface area contributed by atoms with Crippen LogP contribution < -0.4 is 0 Å². The van der Waals surface area contributed by atoms with Gasteiger partial charge in [0.1, 0.15) is 32.7 Å². The van der Waals surface area contributed by atoms with E-state index in [1.165, 1.54) is 0 Å². The molecule has 12 nitrogen and oxygen atoms in total. The molecule has 0 amide bonds. The van der Waals surface area contributed by atoms with Crippen molar-refractivity contribution in [2.24, 2.45) is 20.5 Å². The van der Waals surface area contributed by atoms with Gasteiger partial charge in [-0.25, -0.2) is 0 Å². The topological polar surface area (TPSA) is 199 Å². The SMILES string of the molecule is O=S(=O)(O)c1cc(-c2ccc(N=Nc3ccc(O)c(C(F)(F)F)c3)c(S(=O)(=O)O)c2)ccc1N=Nc1ccc(O)c(C(F)(F)F)c1. The van der Waals surface area contributed by atoms with Gasteiger partial charge in [-0.15, -0.1) is 10.2 Å². The number of hydrogen-bond donors (Lipinski definition) is 4. The summed E-state index contributed by atoms with van der Waals surface area (Å²) in [5.41, 5.74) is -5.09. The Morgan fingerprint density at radius 2 is 0.848 bits per heavy atom. The van der Waals surface area contributed by atoms with E-state index in [1.54, 1.807) is 0 Å². The van der Waals surface area contributed by atoms with E-state index in [-0.39, 0.29) is 11.1 Å². The van der Waals surface area contributed by atoms with Crippen LogP contribution in [0, 0.1) is 0 Å². The summed E-state index contributed by atoms with van der Waals surface area (Å²) in [4.78, 5) is -1.82. The maximum absolute atomic E-state index is 13.1. The summed E-state index contributed by atoms with van der Waals surface area (Å²) >= 11 is 0. The van der Waals surface area contributed by atoms with Gasteiger partial charge in [-0.2, -0.15) is 53.4 Å². The minimum absolute atomic E-state index is 0.0997. The van der Waals surface area contributed by atoms with Crippen LogP contribution in [0.25, 0.3) is 11.1 Å². The van der Waals surface area contributed by atoms with Crippen molar-refractivity contribution in [3.05, 3.63) is 83.9 Å². The zero-order valence-electron chi connectivity index (χ0n) is 22.2. The Labute approximate surface area is 254 Å². The standard InChI is InChI=1S/C26H16F6N4O8S2/c27-25(28,29)17-11-15(3-7-21(17)37)33-35-19-5-1-13(9-23(19)45(39,40)41)14-2-6-20(24(10-14)46(42,43)44)36-34-16-4-8-22(38)18(12-16)26(30,31)32/h1-12,37-38H,(H,39,40,41)(H,42,43,44). The second-order valence-corrected chi connectivity index (χ2v) is 11.9. The predicted molar refractivity (Wildman–Crippen MR) is 146 cm³/mol. The van der Waals surface area contributed by atoms with Crippen LogP contribution >= 0.6 is 0 Å². The lowest BCUT2D eigenvalue weighted by Gasteiger charge is -2.10. The lowest BCUT2D eigenvalue weighted by molar-refractivity contribution is -0.139. The van der Waals surface area contributed by atoms with Crippen molar-refractivity contribution in [2.45, 2.75) is 22.1 Å². The van der Waals surface area contributed by atoms with E-state index in [9.17, 15) is 62.5 Å². The summed E-state index contributed by atoms with van der Waals surface area (Å²) in [6.07, 6.45) is -9.90. The first-order chi connectivity index (χ1) is 21.1. The molecule has 4 aromatic rings. The van der Waals surface area contributed by atoms with E-state index >= 15 is 0 Å². The van der Waals surface area contributed by atoms with Gasteiger partial charge in [-0.3, -0.25) is 9.11 Å². The molecule has 4 rings (SSSR count). The highest BCUT2D eigenvalue weighted by Crippen LogP contribution is 2.40. The second kappa shape index (κ2) is 12.1. The van der Waals surface area contributed by atoms with Gasteiger partial charge in [0, 0.05) is 0 Å². The van der Waals surface area contributed by atoms with E-state index in [1.807, 2.05) is 0 Å². The monoisotopic (exact) mass is 690 g/mol. The second-order valence-electron chi connectivity index (χ2n) is 9.11. The van der Waals surface area contributed by atoms with Crippen molar-refractivity contribution in [3.8, 4) is 22.6 Å². The molecule has 0 unspecified atom stereocenters. The first kappa shape index (κ1) is 34.0. The molecule has 0 bridgehead atoms. The minimum atomic E-state index is -5.08. The van der Waals surface area contributed by atoms with Crippen molar-refractivity contribution < 1.29 is 62.5 Å². The van der Waals surface area contributed by atoms with Crippen molar-refractivity contribution >= 4 is 43.0 Å². The number of nitrogens with zero attached hydrogens (tertiary/aromatic N) is 4. The molecule has 0 radical (unpaired) electrons. The summed E-state index contributed by atoms with van der Waals surface area (Å²) in [6.45, 7) is 0. The number of hydrogen-bond acceptors (Lipinski definition) is 10. The van der Waals surface area contributed by atoms with Gasteiger partial charge in [-0.05, 0) is 71.8 Å². The van der Waals surface area contributed by atoms with Gasteiger partial charge in [-0.1, -0.05) is 12.1 Å². The zero-order chi connectivity index (χ0) is 34.2. The van der Waals surface area contributed by atoms with Crippen molar-refractivity contribution in [1.29, 1.82) is 0 Å². The summed E-state index contributed by atoms with van der Waals surface area (Å²) in [5, 5.41) is 33.1. The van der Waals surface area contributed by atoms with Crippen LogP contribution in [0.15, 0.2) is 103 Å². The van der Waals surface area contributed by atoms with Gasteiger partial charge in [0.15, 0.2) is 0 Å². The number of rotatable bonds is 7. The highest BCUT2D eigenvalue weighted by Gasteiger charge is 2.35. The molecule has 0 saturated carbocycles. The molecule has 0 fully saturated rings. The number of phenols is 2. The van der Waals surface area contributed by atoms with Gasteiger partial charge < -0.3 is 10.2 Å². The van der Waals surface area contributed by atoms with E-state index in [4.69, 9.17) is 0 Å². The molecule has 0 aromatic heterocycles. The molecule has 0 heterocycles. The van der Waals surface area contributed by atoms with E-state index in [2.05, 4.69) is 20.5 Å². The van der Waals surface area contributed by atoms with Crippen LogP contribution in [0.4, 0.5) is 49.1 Å². The summed E-state index contributed by atoms with van der Waals surface area (Å²) in [5.74, 6) is -2.19. The quantitative estimate of drug-likeness (QED) is 0.0846. The number of alkyl halides is 6. The first-order valence-electron chi connectivity index (χ1n) is 12.0. The van der Waals surface area contributed by atoms with Gasteiger partial charge in [0.05, 0.1) is 22.5 Å². The molecule has 0 atom stereocenters. The van der Waals surface area contributed by atoms with Gasteiger partial charge in [0.2, 0.25) is 0 Å². The highest BCUT2D eigenvalue weighted by atomic mass is 32.2. The maximum atomic E-state index is 13.1.